The second kappa shape index (κ2) is 5.02. The Morgan fingerprint density at radius 1 is 0.882 bits per heavy atom. The zero-order valence-corrected chi connectivity index (χ0v) is 13.6. The SMILES string of the molecule is CC(O[Si](C(C)C)(C(C)C)C(C)C)C1(O)CC1. The number of aliphatic hydroxyl groups is 1. The zero-order chi connectivity index (χ0) is 13.4. The van der Waals surface area contributed by atoms with Crippen LogP contribution in [0.25, 0.3) is 0 Å². The maximum atomic E-state index is 10.2. The van der Waals surface area contributed by atoms with Crippen molar-refractivity contribution < 1.29 is 9.53 Å². The molecule has 1 aliphatic carbocycles. The minimum atomic E-state index is -1.82. The predicted molar refractivity (Wildman–Crippen MR) is 75.8 cm³/mol. The summed E-state index contributed by atoms with van der Waals surface area (Å²) in [5.41, 5.74) is 1.25. The molecule has 17 heavy (non-hydrogen) atoms. The quantitative estimate of drug-likeness (QED) is 0.727. The molecule has 0 aliphatic heterocycles. The summed E-state index contributed by atoms with van der Waals surface area (Å²) in [4.78, 5) is 0. The third-order valence-electron chi connectivity index (χ3n) is 4.61. The first kappa shape index (κ1) is 15.2. The molecule has 1 aliphatic rings. The van der Waals surface area contributed by atoms with Gasteiger partial charge in [0.1, 0.15) is 0 Å². The Kier molecular flexibility index (Phi) is 4.49. The summed E-state index contributed by atoms with van der Waals surface area (Å²) in [6.07, 6.45) is 1.82. The molecule has 0 saturated heterocycles. The minimum absolute atomic E-state index is 0.00127. The highest BCUT2D eigenvalue weighted by molar-refractivity contribution is 6.77. The molecule has 0 bridgehead atoms. The fourth-order valence-corrected chi connectivity index (χ4v) is 9.01. The highest BCUT2D eigenvalue weighted by atomic mass is 28.4. The third-order valence-corrected chi connectivity index (χ3v) is 10.8. The second-order valence-electron chi connectivity index (χ2n) is 6.68. The van der Waals surface area contributed by atoms with E-state index < -0.39 is 13.9 Å². The van der Waals surface area contributed by atoms with E-state index in [0.717, 1.165) is 12.8 Å². The van der Waals surface area contributed by atoms with Crippen LogP contribution in [0.5, 0.6) is 0 Å². The number of hydrogen-bond donors (Lipinski definition) is 1. The molecule has 3 heteroatoms. The van der Waals surface area contributed by atoms with Crippen molar-refractivity contribution in [3.8, 4) is 0 Å². The molecule has 0 aromatic heterocycles. The maximum Gasteiger partial charge on any atom is 0.200 e. The van der Waals surface area contributed by atoms with Gasteiger partial charge in [0.25, 0.3) is 0 Å². The largest absolute Gasteiger partial charge is 0.410 e. The first-order valence-electron chi connectivity index (χ1n) is 7.07. The van der Waals surface area contributed by atoms with E-state index in [1.807, 2.05) is 0 Å². The number of rotatable bonds is 6. The molecule has 0 spiro atoms. The standard InChI is InChI=1S/C14H30O2Si/c1-10(2)17(11(3)4,12(5)6)16-13(7)14(15)8-9-14/h10-13,15H,8-9H2,1-7H3. The fraction of sp³-hybridized carbons (Fsp3) is 1.00. The van der Waals surface area contributed by atoms with Crippen LogP contribution in [-0.2, 0) is 4.43 Å². The van der Waals surface area contributed by atoms with Crippen molar-refractivity contribution in [2.24, 2.45) is 0 Å². The van der Waals surface area contributed by atoms with E-state index in [-0.39, 0.29) is 6.10 Å². The predicted octanol–water partition coefficient (Wildman–Crippen LogP) is 4.09. The Bertz CT molecular complexity index is 235. The van der Waals surface area contributed by atoms with E-state index in [1.165, 1.54) is 0 Å². The van der Waals surface area contributed by atoms with Gasteiger partial charge in [-0.05, 0) is 36.4 Å². The van der Waals surface area contributed by atoms with Gasteiger partial charge in [-0.25, -0.2) is 0 Å². The van der Waals surface area contributed by atoms with Gasteiger partial charge in [0, 0.05) is 0 Å². The van der Waals surface area contributed by atoms with Crippen LogP contribution in [0.4, 0.5) is 0 Å². The van der Waals surface area contributed by atoms with Crippen molar-refractivity contribution in [2.45, 2.75) is 89.6 Å². The Morgan fingerprint density at radius 2 is 1.24 bits per heavy atom. The van der Waals surface area contributed by atoms with Crippen molar-refractivity contribution in [1.82, 2.24) is 0 Å². The van der Waals surface area contributed by atoms with E-state index in [2.05, 4.69) is 48.5 Å². The average molecular weight is 258 g/mol. The summed E-state index contributed by atoms with van der Waals surface area (Å²) in [5, 5.41) is 10.2. The van der Waals surface area contributed by atoms with E-state index in [0.29, 0.717) is 16.6 Å². The topological polar surface area (TPSA) is 29.5 Å². The van der Waals surface area contributed by atoms with Crippen molar-refractivity contribution in [1.29, 1.82) is 0 Å². The van der Waals surface area contributed by atoms with Crippen LogP contribution in [0.2, 0.25) is 16.6 Å². The summed E-state index contributed by atoms with van der Waals surface area (Å²) in [6, 6.07) is 0. The minimum Gasteiger partial charge on any atom is -0.410 e. The van der Waals surface area contributed by atoms with Gasteiger partial charge in [0.2, 0.25) is 8.32 Å². The summed E-state index contributed by atoms with van der Waals surface area (Å²) in [6.45, 7) is 15.8. The summed E-state index contributed by atoms with van der Waals surface area (Å²) >= 11 is 0. The molecule has 0 aromatic carbocycles. The van der Waals surface area contributed by atoms with Gasteiger partial charge in [-0.15, -0.1) is 0 Å². The molecule has 102 valence electrons. The molecule has 1 saturated carbocycles. The summed E-state index contributed by atoms with van der Waals surface area (Å²) < 4.78 is 6.54. The van der Waals surface area contributed by atoms with E-state index in [9.17, 15) is 5.11 Å². The fourth-order valence-electron chi connectivity index (χ4n) is 3.36. The monoisotopic (exact) mass is 258 g/mol. The highest BCUT2D eigenvalue weighted by Crippen LogP contribution is 2.47. The molecular weight excluding hydrogens is 228 g/mol. The molecule has 2 nitrogen and oxygen atoms in total. The van der Waals surface area contributed by atoms with Crippen molar-refractivity contribution in [3.63, 3.8) is 0 Å². The van der Waals surface area contributed by atoms with Crippen molar-refractivity contribution in [3.05, 3.63) is 0 Å². The second-order valence-corrected chi connectivity index (χ2v) is 12.1. The summed E-state index contributed by atoms with van der Waals surface area (Å²) in [5.74, 6) is 0. The van der Waals surface area contributed by atoms with Crippen molar-refractivity contribution >= 4 is 8.32 Å². The zero-order valence-electron chi connectivity index (χ0n) is 12.6. The Labute approximate surface area is 108 Å². The first-order valence-corrected chi connectivity index (χ1v) is 9.21. The maximum absolute atomic E-state index is 10.2. The van der Waals surface area contributed by atoms with E-state index in [4.69, 9.17) is 4.43 Å². The molecule has 1 N–H and O–H groups in total. The van der Waals surface area contributed by atoms with Crippen LogP contribution in [0.15, 0.2) is 0 Å². The molecule has 0 amide bonds. The van der Waals surface area contributed by atoms with Gasteiger partial charge in [0.05, 0.1) is 11.7 Å². The molecule has 1 atom stereocenters. The van der Waals surface area contributed by atoms with E-state index in [1.54, 1.807) is 0 Å². The Balaban J connectivity index is 2.89. The van der Waals surface area contributed by atoms with Gasteiger partial charge in [-0.3, -0.25) is 0 Å². The highest BCUT2D eigenvalue weighted by Gasteiger charge is 2.52. The lowest BCUT2D eigenvalue weighted by atomic mass is 10.2. The molecule has 1 fully saturated rings. The van der Waals surface area contributed by atoms with Crippen LogP contribution in [-0.4, -0.2) is 25.1 Å². The van der Waals surface area contributed by atoms with Gasteiger partial charge in [0.15, 0.2) is 0 Å². The number of hydrogen-bond acceptors (Lipinski definition) is 2. The normalized spacial score (nSPS) is 21.4. The van der Waals surface area contributed by atoms with Crippen molar-refractivity contribution in [2.75, 3.05) is 0 Å². The average Bonchev–Trinajstić information content (AvgIpc) is 2.91. The lowest BCUT2D eigenvalue weighted by Crippen LogP contribution is -2.52. The van der Waals surface area contributed by atoms with E-state index >= 15 is 0 Å². The Morgan fingerprint density at radius 3 is 1.47 bits per heavy atom. The van der Waals surface area contributed by atoms with Gasteiger partial charge in [-0.2, -0.15) is 0 Å². The molecule has 1 rings (SSSR count). The smallest absolute Gasteiger partial charge is 0.200 e. The van der Waals surface area contributed by atoms with Gasteiger partial charge in [-0.1, -0.05) is 41.5 Å². The van der Waals surface area contributed by atoms with Gasteiger partial charge >= 0.3 is 0 Å². The first-order chi connectivity index (χ1) is 7.67. The lowest BCUT2D eigenvalue weighted by Gasteiger charge is -2.45. The molecular formula is C14H30O2Si. The molecule has 0 aromatic rings. The van der Waals surface area contributed by atoms with Crippen LogP contribution in [0.3, 0.4) is 0 Å². The summed E-state index contributed by atoms with van der Waals surface area (Å²) in [7, 11) is -1.82. The van der Waals surface area contributed by atoms with Crippen LogP contribution < -0.4 is 0 Å². The lowest BCUT2D eigenvalue weighted by molar-refractivity contribution is 0.0164. The van der Waals surface area contributed by atoms with Crippen LogP contribution in [0, 0.1) is 0 Å². The molecule has 0 heterocycles. The molecule has 1 unspecified atom stereocenters. The Hall–Kier alpha value is 0.137. The van der Waals surface area contributed by atoms with Gasteiger partial charge < -0.3 is 9.53 Å². The third kappa shape index (κ3) is 2.77. The van der Waals surface area contributed by atoms with Crippen LogP contribution >= 0.6 is 0 Å². The van der Waals surface area contributed by atoms with Crippen LogP contribution in [0.1, 0.15) is 61.3 Å². The molecule has 0 radical (unpaired) electrons.